The van der Waals surface area contributed by atoms with E-state index in [0.29, 0.717) is 5.75 Å². The van der Waals surface area contributed by atoms with Gasteiger partial charge in [-0.2, -0.15) is 0 Å². The Bertz CT molecular complexity index is 470. The van der Waals surface area contributed by atoms with E-state index in [1.54, 1.807) is 7.11 Å². The molecule has 1 aromatic rings. The van der Waals surface area contributed by atoms with E-state index >= 15 is 0 Å². The molecule has 0 amide bonds. The van der Waals surface area contributed by atoms with E-state index in [-0.39, 0.29) is 11.9 Å². The van der Waals surface area contributed by atoms with E-state index in [1.165, 1.54) is 30.9 Å². The maximum atomic E-state index is 14.2. The summed E-state index contributed by atoms with van der Waals surface area (Å²) >= 11 is 0. The number of nitrogens with one attached hydrogen (secondary N) is 1. The highest BCUT2D eigenvalue weighted by atomic mass is 19.1. The standard InChI is InChI=1S/C17H24FNO/c1-3-19-17(11-13-7-5-4-6-8-13)15-10-9-14(20-2)12-16(15)18/h7,9-10,12,17,19H,3-6,8,11H2,1-2H3. The lowest BCUT2D eigenvalue weighted by molar-refractivity contribution is 0.409. The van der Waals surface area contributed by atoms with Gasteiger partial charge in [-0.05, 0) is 44.7 Å². The van der Waals surface area contributed by atoms with Gasteiger partial charge in [-0.25, -0.2) is 4.39 Å². The van der Waals surface area contributed by atoms with Crippen LogP contribution in [0.25, 0.3) is 0 Å². The fraction of sp³-hybridized carbons (Fsp3) is 0.529. The molecule has 0 heterocycles. The molecule has 1 aliphatic carbocycles. The molecule has 1 aromatic carbocycles. The zero-order valence-electron chi connectivity index (χ0n) is 12.4. The number of ether oxygens (including phenoxy) is 1. The smallest absolute Gasteiger partial charge is 0.131 e. The van der Waals surface area contributed by atoms with Crippen molar-refractivity contribution in [3.05, 3.63) is 41.2 Å². The third kappa shape index (κ3) is 3.83. The fourth-order valence-corrected chi connectivity index (χ4v) is 2.81. The number of halogens is 1. The van der Waals surface area contributed by atoms with Crippen molar-refractivity contribution in [3.8, 4) is 5.75 Å². The monoisotopic (exact) mass is 277 g/mol. The van der Waals surface area contributed by atoms with Gasteiger partial charge in [-0.1, -0.05) is 24.6 Å². The minimum Gasteiger partial charge on any atom is -0.497 e. The van der Waals surface area contributed by atoms with Gasteiger partial charge in [0.25, 0.3) is 0 Å². The summed E-state index contributed by atoms with van der Waals surface area (Å²) in [4.78, 5) is 0. The van der Waals surface area contributed by atoms with Gasteiger partial charge in [-0.15, -0.1) is 0 Å². The van der Waals surface area contributed by atoms with Crippen LogP contribution >= 0.6 is 0 Å². The van der Waals surface area contributed by atoms with E-state index in [1.807, 2.05) is 12.1 Å². The molecular formula is C17H24FNO. The first-order chi connectivity index (χ1) is 9.74. The van der Waals surface area contributed by atoms with Crippen molar-refractivity contribution in [1.29, 1.82) is 0 Å². The van der Waals surface area contributed by atoms with Crippen molar-refractivity contribution >= 4 is 0 Å². The van der Waals surface area contributed by atoms with Gasteiger partial charge in [0.05, 0.1) is 7.11 Å². The van der Waals surface area contributed by atoms with Crippen LogP contribution in [-0.2, 0) is 0 Å². The second kappa shape index (κ2) is 7.44. The number of benzene rings is 1. The summed E-state index contributed by atoms with van der Waals surface area (Å²) in [6.07, 6.45) is 8.09. The summed E-state index contributed by atoms with van der Waals surface area (Å²) in [6, 6.07) is 5.19. The molecule has 1 aliphatic rings. The highest BCUT2D eigenvalue weighted by Crippen LogP contribution is 2.30. The number of methoxy groups -OCH3 is 1. The van der Waals surface area contributed by atoms with E-state index in [2.05, 4.69) is 18.3 Å². The van der Waals surface area contributed by atoms with Crippen molar-refractivity contribution in [2.24, 2.45) is 0 Å². The van der Waals surface area contributed by atoms with Crippen molar-refractivity contribution in [1.82, 2.24) is 5.32 Å². The van der Waals surface area contributed by atoms with E-state index in [9.17, 15) is 4.39 Å². The van der Waals surface area contributed by atoms with Crippen LogP contribution in [0, 0.1) is 5.82 Å². The van der Waals surface area contributed by atoms with Gasteiger partial charge in [-0.3, -0.25) is 0 Å². The minimum atomic E-state index is -0.188. The number of hydrogen-bond donors (Lipinski definition) is 1. The Morgan fingerprint density at radius 1 is 1.35 bits per heavy atom. The molecule has 1 unspecified atom stereocenters. The van der Waals surface area contributed by atoms with Crippen LogP contribution in [0.5, 0.6) is 5.75 Å². The predicted molar refractivity (Wildman–Crippen MR) is 80.5 cm³/mol. The summed E-state index contributed by atoms with van der Waals surface area (Å²) in [5, 5.41) is 3.40. The highest BCUT2D eigenvalue weighted by molar-refractivity contribution is 5.31. The Balaban J connectivity index is 2.16. The molecule has 3 heteroatoms. The molecule has 1 atom stereocenters. The molecule has 1 N–H and O–H groups in total. The van der Waals surface area contributed by atoms with E-state index < -0.39 is 0 Å². The van der Waals surface area contributed by atoms with Gasteiger partial charge in [0.15, 0.2) is 0 Å². The summed E-state index contributed by atoms with van der Waals surface area (Å²) in [7, 11) is 1.56. The lowest BCUT2D eigenvalue weighted by Gasteiger charge is -2.22. The highest BCUT2D eigenvalue weighted by Gasteiger charge is 2.18. The molecule has 0 saturated carbocycles. The SMILES string of the molecule is CCNC(CC1=CCCCC1)c1ccc(OC)cc1F. The maximum Gasteiger partial charge on any atom is 0.131 e. The largest absolute Gasteiger partial charge is 0.497 e. The van der Waals surface area contributed by atoms with Crippen LogP contribution in [0.2, 0.25) is 0 Å². The minimum absolute atomic E-state index is 0.0512. The van der Waals surface area contributed by atoms with Crippen molar-refractivity contribution in [3.63, 3.8) is 0 Å². The third-order valence-electron chi connectivity index (χ3n) is 3.88. The molecule has 0 spiro atoms. The quantitative estimate of drug-likeness (QED) is 0.779. The first kappa shape index (κ1) is 15.0. The molecular weight excluding hydrogens is 253 g/mol. The van der Waals surface area contributed by atoms with Crippen LogP contribution in [-0.4, -0.2) is 13.7 Å². The fourth-order valence-electron chi connectivity index (χ4n) is 2.81. The molecule has 2 nitrogen and oxygen atoms in total. The van der Waals surface area contributed by atoms with Gasteiger partial charge >= 0.3 is 0 Å². The molecule has 0 bridgehead atoms. The van der Waals surface area contributed by atoms with Gasteiger partial charge in [0.1, 0.15) is 11.6 Å². The van der Waals surface area contributed by atoms with Crippen LogP contribution in [0.4, 0.5) is 4.39 Å². The van der Waals surface area contributed by atoms with Crippen molar-refractivity contribution < 1.29 is 9.13 Å². The molecule has 0 aliphatic heterocycles. The van der Waals surface area contributed by atoms with Crippen LogP contribution in [0.15, 0.2) is 29.8 Å². The molecule has 0 fully saturated rings. The first-order valence-corrected chi connectivity index (χ1v) is 7.49. The van der Waals surface area contributed by atoms with Crippen molar-refractivity contribution in [2.75, 3.05) is 13.7 Å². The number of rotatable bonds is 6. The molecule has 0 aromatic heterocycles. The average molecular weight is 277 g/mol. The van der Waals surface area contributed by atoms with Crippen LogP contribution < -0.4 is 10.1 Å². The lowest BCUT2D eigenvalue weighted by Crippen LogP contribution is -2.22. The van der Waals surface area contributed by atoms with E-state index in [4.69, 9.17) is 4.74 Å². The first-order valence-electron chi connectivity index (χ1n) is 7.49. The average Bonchev–Trinajstić information content (AvgIpc) is 2.48. The Kier molecular flexibility index (Phi) is 5.60. The molecule has 0 radical (unpaired) electrons. The van der Waals surface area contributed by atoms with Gasteiger partial charge < -0.3 is 10.1 Å². The Hall–Kier alpha value is -1.35. The Labute approximate surface area is 121 Å². The van der Waals surface area contributed by atoms with Crippen LogP contribution in [0.3, 0.4) is 0 Å². The van der Waals surface area contributed by atoms with Gasteiger partial charge in [0, 0.05) is 17.7 Å². The number of hydrogen-bond acceptors (Lipinski definition) is 2. The van der Waals surface area contributed by atoms with Crippen molar-refractivity contribution in [2.45, 2.75) is 45.1 Å². The summed E-state index contributed by atoms with van der Waals surface area (Å²) in [5.41, 5.74) is 2.19. The topological polar surface area (TPSA) is 21.3 Å². The second-order valence-electron chi connectivity index (χ2n) is 5.31. The molecule has 110 valence electrons. The zero-order chi connectivity index (χ0) is 14.4. The normalized spacial score (nSPS) is 16.6. The summed E-state index contributed by atoms with van der Waals surface area (Å²) < 4.78 is 19.3. The van der Waals surface area contributed by atoms with Crippen LogP contribution in [0.1, 0.15) is 50.6 Å². The lowest BCUT2D eigenvalue weighted by atomic mass is 9.91. The van der Waals surface area contributed by atoms with Gasteiger partial charge in [0.2, 0.25) is 0 Å². The number of allylic oxidation sites excluding steroid dienone is 1. The zero-order valence-corrected chi connectivity index (χ0v) is 12.4. The Morgan fingerprint density at radius 2 is 2.20 bits per heavy atom. The van der Waals surface area contributed by atoms with E-state index in [0.717, 1.165) is 24.9 Å². The second-order valence-corrected chi connectivity index (χ2v) is 5.31. The molecule has 0 saturated heterocycles. The molecule has 2 rings (SSSR count). The summed E-state index contributed by atoms with van der Waals surface area (Å²) in [6.45, 7) is 2.90. The summed E-state index contributed by atoms with van der Waals surface area (Å²) in [5.74, 6) is 0.380. The third-order valence-corrected chi connectivity index (χ3v) is 3.88. The predicted octanol–water partition coefficient (Wildman–Crippen LogP) is 4.38. The maximum absolute atomic E-state index is 14.2. The Morgan fingerprint density at radius 3 is 2.80 bits per heavy atom. The molecule has 20 heavy (non-hydrogen) atoms.